The van der Waals surface area contributed by atoms with Crippen molar-refractivity contribution in [1.82, 2.24) is 0 Å². The molecule has 0 aromatic heterocycles. The second-order valence-electron chi connectivity index (χ2n) is 4.65. The van der Waals surface area contributed by atoms with E-state index in [9.17, 15) is 4.39 Å². The molecule has 1 saturated heterocycles. The molecule has 100 valence electrons. The van der Waals surface area contributed by atoms with Gasteiger partial charge in [0.15, 0.2) is 0 Å². The summed E-state index contributed by atoms with van der Waals surface area (Å²) < 4.78 is 19.8. The third kappa shape index (κ3) is 2.82. The van der Waals surface area contributed by atoms with E-state index in [4.69, 9.17) is 10.5 Å². The van der Waals surface area contributed by atoms with Crippen molar-refractivity contribution >= 4 is 5.69 Å². The summed E-state index contributed by atoms with van der Waals surface area (Å²) in [5.74, 6) is -0.185. The smallest absolute Gasteiger partial charge is 0.146 e. The number of hydrogen-bond acceptors (Lipinski definition) is 3. The number of para-hydroxylation sites is 1. The lowest BCUT2D eigenvalue weighted by Gasteiger charge is -2.27. The molecule has 3 nitrogen and oxygen atoms in total. The van der Waals surface area contributed by atoms with Crippen LogP contribution in [-0.4, -0.2) is 25.8 Å². The van der Waals surface area contributed by atoms with Crippen molar-refractivity contribution < 1.29 is 9.13 Å². The minimum atomic E-state index is -0.185. The number of halogens is 1. The molecule has 0 spiro atoms. The maximum absolute atomic E-state index is 14.0. The Kier molecular flexibility index (Phi) is 4.55. The Morgan fingerprint density at radius 3 is 3.06 bits per heavy atom. The first kappa shape index (κ1) is 13.3. The minimum absolute atomic E-state index is 0.178. The number of nitrogens with zero attached hydrogens (tertiary/aromatic N) is 1. The number of anilines is 1. The molecule has 0 saturated carbocycles. The van der Waals surface area contributed by atoms with Crippen LogP contribution in [0.3, 0.4) is 0 Å². The number of ether oxygens (including phenoxy) is 1. The van der Waals surface area contributed by atoms with Crippen molar-refractivity contribution in [2.45, 2.75) is 32.4 Å². The van der Waals surface area contributed by atoms with Crippen molar-refractivity contribution in [2.24, 2.45) is 5.73 Å². The van der Waals surface area contributed by atoms with Gasteiger partial charge in [0, 0.05) is 26.2 Å². The molecule has 4 heteroatoms. The summed E-state index contributed by atoms with van der Waals surface area (Å²) in [7, 11) is 0. The summed E-state index contributed by atoms with van der Waals surface area (Å²) >= 11 is 0. The van der Waals surface area contributed by atoms with Gasteiger partial charge in [0.25, 0.3) is 0 Å². The Labute approximate surface area is 108 Å². The van der Waals surface area contributed by atoms with Crippen LogP contribution in [0, 0.1) is 5.82 Å². The number of hydrogen-bond donors (Lipinski definition) is 1. The molecule has 0 radical (unpaired) electrons. The fraction of sp³-hybridized carbons (Fsp3) is 0.571. The molecular formula is C14H21FN2O. The van der Waals surface area contributed by atoms with Gasteiger partial charge in [-0.1, -0.05) is 19.1 Å². The van der Waals surface area contributed by atoms with Gasteiger partial charge in [0.05, 0.1) is 11.8 Å². The highest BCUT2D eigenvalue weighted by molar-refractivity contribution is 5.55. The lowest BCUT2D eigenvalue weighted by atomic mass is 10.1. The quantitative estimate of drug-likeness (QED) is 0.897. The molecule has 18 heavy (non-hydrogen) atoms. The van der Waals surface area contributed by atoms with E-state index >= 15 is 0 Å². The van der Waals surface area contributed by atoms with Gasteiger partial charge in [-0.05, 0) is 24.5 Å². The van der Waals surface area contributed by atoms with Crippen molar-refractivity contribution in [2.75, 3.05) is 24.6 Å². The molecule has 1 aromatic rings. The summed E-state index contributed by atoms with van der Waals surface area (Å²) in [6, 6.07) is 5.11. The fourth-order valence-electron chi connectivity index (χ4n) is 2.42. The Bertz CT molecular complexity index is 397. The monoisotopic (exact) mass is 252 g/mol. The highest BCUT2D eigenvalue weighted by Gasteiger charge is 2.21. The first-order valence-electron chi connectivity index (χ1n) is 6.60. The van der Waals surface area contributed by atoms with E-state index in [1.54, 1.807) is 6.07 Å². The van der Waals surface area contributed by atoms with Crippen LogP contribution in [-0.2, 0) is 11.3 Å². The van der Waals surface area contributed by atoms with E-state index in [1.807, 2.05) is 6.07 Å². The van der Waals surface area contributed by atoms with Crippen LogP contribution in [0.4, 0.5) is 10.1 Å². The first-order valence-corrected chi connectivity index (χ1v) is 6.60. The number of nitrogens with two attached hydrogens (primary N) is 1. The first-order chi connectivity index (χ1) is 8.76. The largest absolute Gasteiger partial charge is 0.376 e. The molecule has 1 atom stereocenters. The van der Waals surface area contributed by atoms with Crippen LogP contribution in [0.5, 0.6) is 0 Å². The van der Waals surface area contributed by atoms with Crippen molar-refractivity contribution in [3.63, 3.8) is 0 Å². The maximum Gasteiger partial charge on any atom is 0.146 e. The van der Waals surface area contributed by atoms with E-state index in [0.717, 1.165) is 38.1 Å². The molecule has 1 heterocycles. The van der Waals surface area contributed by atoms with E-state index < -0.39 is 0 Å². The molecule has 2 rings (SSSR count). The van der Waals surface area contributed by atoms with Crippen LogP contribution >= 0.6 is 0 Å². The predicted octanol–water partition coefficient (Wildman–Crippen LogP) is 2.29. The SMILES string of the molecule is CCC1CN(c2c(F)cccc2CN)CCCO1. The van der Waals surface area contributed by atoms with E-state index in [-0.39, 0.29) is 11.9 Å². The zero-order chi connectivity index (χ0) is 13.0. The molecule has 0 amide bonds. The maximum atomic E-state index is 14.0. The van der Waals surface area contributed by atoms with Crippen LogP contribution in [0.2, 0.25) is 0 Å². The predicted molar refractivity (Wildman–Crippen MR) is 71.2 cm³/mol. The Morgan fingerprint density at radius 1 is 1.50 bits per heavy atom. The average Bonchev–Trinajstić information content (AvgIpc) is 2.63. The molecule has 1 aromatic carbocycles. The normalized spacial score (nSPS) is 20.8. The lowest BCUT2D eigenvalue weighted by Crippen LogP contribution is -2.33. The highest BCUT2D eigenvalue weighted by Crippen LogP contribution is 2.26. The minimum Gasteiger partial charge on any atom is -0.376 e. The summed E-state index contributed by atoms with van der Waals surface area (Å²) in [5, 5.41) is 0. The zero-order valence-corrected chi connectivity index (χ0v) is 10.9. The second-order valence-corrected chi connectivity index (χ2v) is 4.65. The molecule has 1 aliphatic rings. The van der Waals surface area contributed by atoms with Gasteiger partial charge in [-0.25, -0.2) is 4.39 Å². The third-order valence-electron chi connectivity index (χ3n) is 3.41. The highest BCUT2D eigenvalue weighted by atomic mass is 19.1. The van der Waals surface area contributed by atoms with Gasteiger partial charge < -0.3 is 15.4 Å². The standard InChI is InChI=1S/C14H21FN2O/c1-2-12-10-17(7-4-8-18-12)14-11(9-16)5-3-6-13(14)15/h3,5-6,12H,2,4,7-10,16H2,1H3. The summed E-state index contributed by atoms with van der Waals surface area (Å²) in [5.41, 5.74) is 7.23. The Balaban J connectivity index is 2.28. The third-order valence-corrected chi connectivity index (χ3v) is 3.41. The number of rotatable bonds is 3. The Morgan fingerprint density at radius 2 is 2.33 bits per heavy atom. The van der Waals surface area contributed by atoms with Gasteiger partial charge in [-0.15, -0.1) is 0 Å². The lowest BCUT2D eigenvalue weighted by molar-refractivity contribution is 0.0664. The molecule has 0 bridgehead atoms. The molecule has 1 fully saturated rings. The van der Waals surface area contributed by atoms with Gasteiger partial charge >= 0.3 is 0 Å². The molecule has 0 aliphatic carbocycles. The Hall–Kier alpha value is -1.13. The van der Waals surface area contributed by atoms with Gasteiger partial charge in [0.1, 0.15) is 5.82 Å². The zero-order valence-electron chi connectivity index (χ0n) is 10.9. The van der Waals surface area contributed by atoms with Crippen LogP contribution in [0.15, 0.2) is 18.2 Å². The fourth-order valence-corrected chi connectivity index (χ4v) is 2.42. The van der Waals surface area contributed by atoms with Gasteiger partial charge in [-0.2, -0.15) is 0 Å². The van der Waals surface area contributed by atoms with Crippen LogP contribution in [0.1, 0.15) is 25.3 Å². The average molecular weight is 252 g/mol. The van der Waals surface area contributed by atoms with E-state index in [1.165, 1.54) is 6.07 Å². The van der Waals surface area contributed by atoms with Gasteiger partial charge in [0.2, 0.25) is 0 Å². The number of benzene rings is 1. The van der Waals surface area contributed by atoms with Crippen molar-refractivity contribution in [1.29, 1.82) is 0 Å². The molecule has 1 unspecified atom stereocenters. The topological polar surface area (TPSA) is 38.5 Å². The van der Waals surface area contributed by atoms with E-state index in [2.05, 4.69) is 11.8 Å². The van der Waals surface area contributed by atoms with Crippen LogP contribution < -0.4 is 10.6 Å². The summed E-state index contributed by atoms with van der Waals surface area (Å²) in [4.78, 5) is 2.08. The van der Waals surface area contributed by atoms with E-state index in [0.29, 0.717) is 12.2 Å². The van der Waals surface area contributed by atoms with Crippen LogP contribution in [0.25, 0.3) is 0 Å². The summed E-state index contributed by atoms with van der Waals surface area (Å²) in [6.45, 7) is 4.77. The van der Waals surface area contributed by atoms with Crippen molar-refractivity contribution in [3.8, 4) is 0 Å². The second kappa shape index (κ2) is 6.16. The van der Waals surface area contributed by atoms with Gasteiger partial charge in [-0.3, -0.25) is 0 Å². The summed E-state index contributed by atoms with van der Waals surface area (Å²) in [6.07, 6.45) is 2.05. The molecule has 2 N–H and O–H groups in total. The van der Waals surface area contributed by atoms with Crippen molar-refractivity contribution in [3.05, 3.63) is 29.6 Å². The molecular weight excluding hydrogens is 231 g/mol. The molecule has 1 aliphatic heterocycles.